The number of aliphatic hydroxyl groups is 1. The highest BCUT2D eigenvalue weighted by Crippen LogP contribution is 2.58. The van der Waals surface area contributed by atoms with Crippen LogP contribution < -0.4 is 15.4 Å². The normalized spacial score (nSPS) is 28.6. The summed E-state index contributed by atoms with van der Waals surface area (Å²) in [5.74, 6) is -1.80. The van der Waals surface area contributed by atoms with Gasteiger partial charge in [-0.3, -0.25) is 14.4 Å². The molecule has 3 saturated heterocycles. The van der Waals surface area contributed by atoms with E-state index in [0.29, 0.717) is 37.4 Å². The number of amides is 3. The van der Waals surface area contributed by atoms with Gasteiger partial charge in [-0.1, -0.05) is 30.3 Å². The van der Waals surface area contributed by atoms with Gasteiger partial charge in [0.15, 0.2) is 0 Å². The molecule has 3 heterocycles. The zero-order valence-corrected chi connectivity index (χ0v) is 21.1. The van der Waals surface area contributed by atoms with Crippen molar-refractivity contribution in [2.45, 2.75) is 57.0 Å². The number of carbonyl (C=O) groups is 3. The minimum absolute atomic E-state index is 0.302. The second kappa shape index (κ2) is 10.1. The Hall–Kier alpha value is -3.43. The first-order chi connectivity index (χ1) is 17.9. The summed E-state index contributed by atoms with van der Waals surface area (Å²) < 4.78 is 11.9. The van der Waals surface area contributed by atoms with Crippen LogP contribution in [0.25, 0.3) is 0 Å². The van der Waals surface area contributed by atoms with Crippen LogP contribution in [-0.4, -0.2) is 64.7 Å². The lowest BCUT2D eigenvalue weighted by Gasteiger charge is -2.35. The molecular weight excluding hydrogens is 474 g/mol. The van der Waals surface area contributed by atoms with Crippen LogP contribution in [0.5, 0.6) is 5.75 Å². The van der Waals surface area contributed by atoms with Gasteiger partial charge in [-0.15, -0.1) is 0 Å². The Balaban J connectivity index is 1.39. The highest BCUT2D eigenvalue weighted by molar-refractivity contribution is 6.02. The molecule has 3 N–H and O–H groups in total. The Labute approximate surface area is 216 Å². The number of rotatable bonds is 9. The molecule has 9 heteroatoms. The van der Waals surface area contributed by atoms with E-state index in [1.165, 1.54) is 4.90 Å². The number of benzene rings is 2. The molecule has 0 radical (unpaired) electrons. The van der Waals surface area contributed by atoms with E-state index < -0.39 is 35.6 Å². The molecule has 2 bridgehead atoms. The lowest BCUT2D eigenvalue weighted by atomic mass is 9.70. The van der Waals surface area contributed by atoms with Crippen molar-refractivity contribution in [2.75, 3.05) is 18.5 Å². The van der Waals surface area contributed by atoms with Crippen molar-refractivity contribution in [3.8, 4) is 5.75 Å². The molecule has 6 atom stereocenters. The van der Waals surface area contributed by atoms with Gasteiger partial charge < -0.3 is 30.1 Å². The fourth-order valence-electron chi connectivity index (χ4n) is 6.16. The Morgan fingerprint density at radius 2 is 1.89 bits per heavy atom. The third-order valence-corrected chi connectivity index (χ3v) is 7.77. The van der Waals surface area contributed by atoms with Gasteiger partial charge in [-0.25, -0.2) is 0 Å². The van der Waals surface area contributed by atoms with Gasteiger partial charge >= 0.3 is 0 Å². The Morgan fingerprint density at radius 1 is 1.16 bits per heavy atom. The van der Waals surface area contributed by atoms with Crippen molar-refractivity contribution in [3.05, 3.63) is 60.2 Å². The van der Waals surface area contributed by atoms with Gasteiger partial charge in [0.2, 0.25) is 17.7 Å². The quantitative estimate of drug-likeness (QED) is 0.479. The van der Waals surface area contributed by atoms with E-state index in [-0.39, 0.29) is 24.3 Å². The molecule has 5 rings (SSSR count). The van der Waals surface area contributed by atoms with Crippen molar-refractivity contribution >= 4 is 23.4 Å². The van der Waals surface area contributed by atoms with Crippen molar-refractivity contribution in [1.29, 1.82) is 0 Å². The van der Waals surface area contributed by atoms with E-state index in [0.717, 1.165) is 5.56 Å². The monoisotopic (exact) mass is 507 g/mol. The second-order valence-electron chi connectivity index (χ2n) is 9.98. The zero-order valence-electron chi connectivity index (χ0n) is 21.1. The molecule has 9 nitrogen and oxygen atoms in total. The molecule has 3 amide bonds. The number of hydrogen-bond donors (Lipinski definition) is 3. The minimum Gasteiger partial charge on any atom is -0.494 e. The largest absolute Gasteiger partial charge is 0.494 e. The average molecular weight is 508 g/mol. The fraction of sp³-hybridized carbons (Fsp3) is 0.464. The van der Waals surface area contributed by atoms with Crippen LogP contribution in [0.2, 0.25) is 0 Å². The maximum atomic E-state index is 13.8. The predicted octanol–water partition coefficient (Wildman–Crippen LogP) is 2.10. The summed E-state index contributed by atoms with van der Waals surface area (Å²) in [4.78, 5) is 42.3. The van der Waals surface area contributed by atoms with Gasteiger partial charge in [-0.2, -0.15) is 0 Å². The molecule has 3 aliphatic rings. The van der Waals surface area contributed by atoms with E-state index >= 15 is 0 Å². The van der Waals surface area contributed by atoms with Crippen LogP contribution in [0.1, 0.15) is 32.3 Å². The molecule has 0 aliphatic carbocycles. The maximum Gasteiger partial charge on any atom is 0.246 e. The standard InChI is InChI=1S/C28H33N3O6/c1-3-36-20-11-9-19(10-12-20)30-25(33)22-21-13-14-28(37-21)23(22)27(35)31(17(2)16-32)24(28)26(34)29-15-18-7-5-4-6-8-18/h4-12,17,21-24,32H,3,13-16H2,1-2H3,(H,29,34)(H,30,33)/t17-,21-,22+,23+,24?,28?/m1/s1. The van der Waals surface area contributed by atoms with Crippen LogP contribution in [-0.2, 0) is 25.7 Å². The van der Waals surface area contributed by atoms with Crippen LogP contribution in [0.15, 0.2) is 54.6 Å². The lowest BCUT2D eigenvalue weighted by molar-refractivity contribution is -0.144. The third-order valence-electron chi connectivity index (χ3n) is 7.77. The van der Waals surface area contributed by atoms with Crippen LogP contribution in [0.3, 0.4) is 0 Å². The maximum absolute atomic E-state index is 13.8. The van der Waals surface area contributed by atoms with Gasteiger partial charge in [0.25, 0.3) is 0 Å². The summed E-state index contributed by atoms with van der Waals surface area (Å²) in [6, 6.07) is 15.0. The Kier molecular flexibility index (Phi) is 6.92. The molecule has 3 aliphatic heterocycles. The number of nitrogens with zero attached hydrogens (tertiary/aromatic N) is 1. The molecule has 0 aromatic heterocycles. The Bertz CT molecular complexity index is 1160. The van der Waals surface area contributed by atoms with Gasteiger partial charge in [0, 0.05) is 12.2 Å². The van der Waals surface area contributed by atoms with Gasteiger partial charge in [-0.05, 0) is 56.5 Å². The fourth-order valence-corrected chi connectivity index (χ4v) is 6.16. The Morgan fingerprint density at radius 3 is 2.57 bits per heavy atom. The summed E-state index contributed by atoms with van der Waals surface area (Å²) in [7, 11) is 0. The smallest absolute Gasteiger partial charge is 0.246 e. The molecule has 2 aromatic rings. The first-order valence-electron chi connectivity index (χ1n) is 12.9. The molecule has 2 unspecified atom stereocenters. The summed E-state index contributed by atoms with van der Waals surface area (Å²) in [6.07, 6.45) is 0.626. The van der Waals surface area contributed by atoms with E-state index in [1.807, 2.05) is 37.3 Å². The molecule has 37 heavy (non-hydrogen) atoms. The van der Waals surface area contributed by atoms with E-state index in [4.69, 9.17) is 9.47 Å². The number of carbonyl (C=O) groups excluding carboxylic acids is 3. The zero-order chi connectivity index (χ0) is 26.2. The summed E-state index contributed by atoms with van der Waals surface area (Å²) in [5.41, 5.74) is 0.418. The highest BCUT2D eigenvalue weighted by Gasteiger charge is 2.74. The molecule has 1 spiro atoms. The topological polar surface area (TPSA) is 117 Å². The van der Waals surface area contributed by atoms with Crippen LogP contribution in [0.4, 0.5) is 5.69 Å². The first-order valence-corrected chi connectivity index (χ1v) is 12.9. The molecule has 3 fully saturated rings. The minimum atomic E-state index is -1.10. The van der Waals surface area contributed by atoms with E-state index in [1.54, 1.807) is 31.2 Å². The highest BCUT2D eigenvalue weighted by atomic mass is 16.5. The van der Waals surface area contributed by atoms with E-state index in [9.17, 15) is 19.5 Å². The average Bonchev–Trinajstić information content (AvgIpc) is 3.56. The predicted molar refractivity (Wildman–Crippen MR) is 136 cm³/mol. The molecule has 196 valence electrons. The summed E-state index contributed by atoms with van der Waals surface area (Å²) in [6.45, 7) is 4.15. The van der Waals surface area contributed by atoms with Gasteiger partial charge in [0.1, 0.15) is 17.4 Å². The second-order valence-corrected chi connectivity index (χ2v) is 9.98. The number of hydrogen-bond acceptors (Lipinski definition) is 6. The number of aliphatic hydroxyl groups excluding tert-OH is 1. The van der Waals surface area contributed by atoms with Crippen molar-refractivity contribution in [2.24, 2.45) is 11.8 Å². The van der Waals surface area contributed by atoms with Crippen molar-refractivity contribution in [1.82, 2.24) is 10.2 Å². The number of fused-ring (bicyclic) bond motifs is 1. The number of likely N-dealkylation sites (tertiary alicyclic amines) is 1. The molecule has 2 aromatic carbocycles. The van der Waals surface area contributed by atoms with Crippen LogP contribution >= 0.6 is 0 Å². The van der Waals surface area contributed by atoms with Gasteiger partial charge in [0.05, 0.1) is 37.2 Å². The SMILES string of the molecule is CCOc1ccc(NC(=O)[C@@H]2[C@H]3C(=O)N([C@H](C)CO)C(C(=O)NCc4ccccc4)C34CC[C@H]2O4)cc1. The molecule has 0 saturated carbocycles. The van der Waals surface area contributed by atoms with Crippen molar-refractivity contribution < 1.29 is 29.0 Å². The third kappa shape index (κ3) is 4.36. The molecular formula is C28H33N3O6. The number of anilines is 1. The lowest BCUT2D eigenvalue weighted by Crippen LogP contribution is -2.57. The summed E-state index contributed by atoms with van der Waals surface area (Å²) in [5, 5.41) is 15.8. The van der Waals surface area contributed by atoms with Crippen molar-refractivity contribution in [3.63, 3.8) is 0 Å². The van der Waals surface area contributed by atoms with Crippen LogP contribution in [0, 0.1) is 11.8 Å². The number of ether oxygens (including phenoxy) is 2. The first kappa shape index (κ1) is 25.2. The number of nitrogens with one attached hydrogen (secondary N) is 2. The summed E-state index contributed by atoms with van der Waals surface area (Å²) >= 11 is 0. The van der Waals surface area contributed by atoms with E-state index in [2.05, 4.69) is 10.6 Å².